The van der Waals surface area contributed by atoms with Crippen molar-refractivity contribution >= 4 is 46.9 Å². The van der Waals surface area contributed by atoms with Gasteiger partial charge in [-0.1, -0.05) is 23.2 Å². The maximum Gasteiger partial charge on any atom is 0.256 e. The predicted octanol–water partition coefficient (Wildman–Crippen LogP) is 4.94. The second kappa shape index (κ2) is 8.36. The Balaban J connectivity index is 1.63. The molecule has 4 rings (SSSR count). The highest BCUT2D eigenvalue weighted by Crippen LogP contribution is 2.33. The summed E-state index contributed by atoms with van der Waals surface area (Å²) in [4.78, 5) is 28.3. The van der Waals surface area contributed by atoms with Crippen LogP contribution in [0.1, 0.15) is 47.5 Å². The molecule has 0 bridgehead atoms. The maximum atomic E-state index is 13.5. The molecule has 0 saturated carbocycles. The van der Waals surface area contributed by atoms with Gasteiger partial charge in [-0.25, -0.2) is 9.97 Å². The zero-order valence-electron chi connectivity index (χ0n) is 16.8. The number of hydrogen-bond acceptors (Lipinski definition) is 6. The number of halogens is 1. The van der Waals surface area contributed by atoms with Crippen LogP contribution in [0.3, 0.4) is 0 Å². The first-order valence-corrected chi connectivity index (χ1v) is 10.2. The first-order valence-electron chi connectivity index (χ1n) is 9.83. The number of aromatic nitrogens is 2. The Hall–Kier alpha value is -3.06. The lowest BCUT2D eigenvalue weighted by Crippen LogP contribution is -2.45. The molecule has 1 amide bonds. The summed E-state index contributed by atoms with van der Waals surface area (Å²) in [5, 5.41) is 7.69. The van der Waals surface area contributed by atoms with Crippen LogP contribution in [0.4, 0.5) is 5.69 Å². The van der Waals surface area contributed by atoms with E-state index < -0.39 is 0 Å². The molecule has 1 aliphatic heterocycles. The first kappa shape index (κ1) is 20.2. The summed E-state index contributed by atoms with van der Waals surface area (Å²) >= 11 is 6.01. The standard InChI is InChI=1S/C22H22ClN5O2/c1-13-3-6-18(25-8-7-24)17(9-13)22(29)28-12-15(5-4-14(28)2)20-27-19-10-16(23)11-26-21(19)30-20/h3,6-11,14-15,24H,4-5,12H2,1-2H3/t14-,15?/m1/s1. The third kappa shape index (κ3) is 3.98. The highest BCUT2D eigenvalue weighted by Gasteiger charge is 2.33. The Kier molecular flexibility index (Phi) is 5.63. The van der Waals surface area contributed by atoms with Crippen molar-refractivity contribution in [1.29, 1.82) is 5.41 Å². The number of nitrogens with one attached hydrogen (secondary N) is 1. The van der Waals surface area contributed by atoms with Gasteiger partial charge in [-0.15, -0.1) is 0 Å². The molecular weight excluding hydrogens is 402 g/mol. The molecule has 1 aliphatic rings. The molecule has 30 heavy (non-hydrogen) atoms. The molecule has 2 atom stereocenters. The van der Waals surface area contributed by atoms with E-state index in [-0.39, 0.29) is 17.9 Å². The minimum atomic E-state index is -0.0784. The Morgan fingerprint density at radius 2 is 2.20 bits per heavy atom. The molecule has 1 aromatic carbocycles. The molecule has 0 spiro atoms. The minimum Gasteiger partial charge on any atom is -0.422 e. The summed E-state index contributed by atoms with van der Waals surface area (Å²) in [5.41, 5.74) is 3.15. The van der Waals surface area contributed by atoms with Crippen LogP contribution in [-0.2, 0) is 0 Å². The fourth-order valence-corrected chi connectivity index (χ4v) is 3.94. The van der Waals surface area contributed by atoms with Crippen molar-refractivity contribution in [2.45, 2.75) is 38.6 Å². The van der Waals surface area contributed by atoms with Gasteiger partial charge in [0.15, 0.2) is 0 Å². The molecule has 154 valence electrons. The lowest BCUT2D eigenvalue weighted by Gasteiger charge is -2.37. The van der Waals surface area contributed by atoms with Crippen LogP contribution >= 0.6 is 11.6 Å². The zero-order valence-corrected chi connectivity index (χ0v) is 17.6. The van der Waals surface area contributed by atoms with E-state index in [0.29, 0.717) is 39.9 Å². The number of fused-ring (bicyclic) bond motifs is 1. The van der Waals surface area contributed by atoms with E-state index in [1.54, 1.807) is 6.07 Å². The lowest BCUT2D eigenvalue weighted by molar-refractivity contribution is 0.0598. The Bertz CT molecular complexity index is 1140. The van der Waals surface area contributed by atoms with Gasteiger partial charge in [0.1, 0.15) is 5.52 Å². The van der Waals surface area contributed by atoms with Crippen molar-refractivity contribution in [3.05, 3.63) is 52.5 Å². The summed E-state index contributed by atoms with van der Waals surface area (Å²) < 4.78 is 5.86. The molecule has 1 fully saturated rings. The number of carbonyl (C=O) groups excluding carboxylic acids is 1. The third-order valence-corrected chi connectivity index (χ3v) is 5.60. The summed E-state index contributed by atoms with van der Waals surface area (Å²) in [7, 11) is 0. The Labute approximate surface area is 179 Å². The zero-order chi connectivity index (χ0) is 21.3. The molecule has 7 nitrogen and oxygen atoms in total. The van der Waals surface area contributed by atoms with Gasteiger partial charge in [0, 0.05) is 31.2 Å². The third-order valence-electron chi connectivity index (χ3n) is 5.39. The lowest BCUT2D eigenvalue weighted by atomic mass is 9.92. The summed E-state index contributed by atoms with van der Waals surface area (Å²) in [6.07, 6.45) is 5.72. The maximum absolute atomic E-state index is 13.5. The van der Waals surface area contributed by atoms with Crippen molar-refractivity contribution in [3.63, 3.8) is 0 Å². The molecule has 3 heterocycles. The fraction of sp³-hybridized carbons (Fsp3) is 0.318. The summed E-state index contributed by atoms with van der Waals surface area (Å²) in [6, 6.07) is 7.38. The number of piperidine rings is 1. The minimum absolute atomic E-state index is 0.0172. The number of amides is 1. The smallest absolute Gasteiger partial charge is 0.256 e. The molecule has 1 N–H and O–H groups in total. The van der Waals surface area contributed by atoms with Crippen LogP contribution < -0.4 is 0 Å². The van der Waals surface area contributed by atoms with Crippen molar-refractivity contribution in [3.8, 4) is 0 Å². The quantitative estimate of drug-likeness (QED) is 0.601. The molecule has 0 aliphatic carbocycles. The van der Waals surface area contributed by atoms with Gasteiger partial charge in [0.05, 0.1) is 22.2 Å². The first-order chi connectivity index (χ1) is 14.5. The van der Waals surface area contributed by atoms with Gasteiger partial charge < -0.3 is 14.7 Å². The monoisotopic (exact) mass is 423 g/mol. The van der Waals surface area contributed by atoms with Gasteiger partial charge >= 0.3 is 0 Å². The van der Waals surface area contributed by atoms with Crippen LogP contribution in [0.15, 0.2) is 39.9 Å². The van der Waals surface area contributed by atoms with Gasteiger partial charge in [0.25, 0.3) is 5.91 Å². The molecule has 8 heteroatoms. The van der Waals surface area contributed by atoms with Crippen LogP contribution in [-0.4, -0.2) is 45.8 Å². The van der Waals surface area contributed by atoms with Crippen LogP contribution in [0.25, 0.3) is 11.2 Å². The molecular formula is C22H22ClN5O2. The number of oxazole rings is 1. The summed E-state index contributed by atoms with van der Waals surface area (Å²) in [6.45, 7) is 4.50. The van der Waals surface area contributed by atoms with Crippen LogP contribution in [0.2, 0.25) is 5.02 Å². The molecule has 1 unspecified atom stereocenters. The molecule has 3 aromatic rings. The number of nitrogens with zero attached hydrogens (tertiary/aromatic N) is 4. The highest BCUT2D eigenvalue weighted by molar-refractivity contribution is 6.30. The van der Waals surface area contributed by atoms with Crippen molar-refractivity contribution < 1.29 is 9.21 Å². The Morgan fingerprint density at radius 3 is 3.00 bits per heavy atom. The van der Waals surface area contributed by atoms with Crippen molar-refractivity contribution in [2.75, 3.05) is 6.54 Å². The fourth-order valence-electron chi connectivity index (χ4n) is 3.79. The number of likely N-dealkylation sites (tertiary alicyclic amines) is 1. The van der Waals surface area contributed by atoms with Crippen molar-refractivity contribution in [1.82, 2.24) is 14.9 Å². The van der Waals surface area contributed by atoms with Crippen LogP contribution in [0.5, 0.6) is 0 Å². The van der Waals surface area contributed by atoms with Gasteiger partial charge in [-0.05, 0) is 44.9 Å². The van der Waals surface area contributed by atoms with E-state index in [2.05, 4.69) is 21.9 Å². The van der Waals surface area contributed by atoms with E-state index in [1.165, 1.54) is 12.4 Å². The average Bonchev–Trinajstić information content (AvgIpc) is 3.15. The summed E-state index contributed by atoms with van der Waals surface area (Å²) in [5.74, 6) is 0.484. The van der Waals surface area contributed by atoms with E-state index in [1.807, 2.05) is 30.0 Å². The predicted molar refractivity (Wildman–Crippen MR) is 117 cm³/mol. The largest absolute Gasteiger partial charge is 0.422 e. The molecule has 1 saturated heterocycles. The molecule has 0 radical (unpaired) electrons. The number of aryl methyl sites for hydroxylation is 1. The van der Waals surface area contributed by atoms with Gasteiger partial charge in [-0.3, -0.25) is 9.79 Å². The Morgan fingerprint density at radius 1 is 1.37 bits per heavy atom. The topological polar surface area (TPSA) is 95.4 Å². The second-order valence-corrected chi connectivity index (χ2v) is 8.01. The van der Waals surface area contributed by atoms with Gasteiger partial charge in [-0.2, -0.15) is 0 Å². The van der Waals surface area contributed by atoms with E-state index in [4.69, 9.17) is 21.4 Å². The number of hydrogen-bond donors (Lipinski definition) is 1. The number of carbonyl (C=O) groups is 1. The number of pyridine rings is 1. The van der Waals surface area contributed by atoms with E-state index in [9.17, 15) is 4.79 Å². The van der Waals surface area contributed by atoms with E-state index in [0.717, 1.165) is 24.6 Å². The normalized spacial score (nSPS) is 19.5. The van der Waals surface area contributed by atoms with Crippen molar-refractivity contribution in [2.24, 2.45) is 4.99 Å². The highest BCUT2D eigenvalue weighted by atomic mass is 35.5. The number of rotatable bonds is 4. The molecule has 2 aromatic heterocycles. The average molecular weight is 424 g/mol. The number of aliphatic imine (C=N–C) groups is 1. The van der Waals surface area contributed by atoms with Gasteiger partial charge in [0.2, 0.25) is 11.6 Å². The SMILES string of the molecule is Cc1ccc(N=CC=N)c(C(=O)N2CC(c3nc4cc(Cl)cnc4o3)CC[C@H]2C)c1. The van der Waals surface area contributed by atoms with E-state index >= 15 is 0 Å². The van der Waals surface area contributed by atoms with Crippen LogP contribution in [0, 0.1) is 12.3 Å². The second-order valence-electron chi connectivity index (χ2n) is 7.58. The number of benzene rings is 1.